The van der Waals surface area contributed by atoms with Crippen molar-refractivity contribution in [3.63, 3.8) is 0 Å². The third-order valence-corrected chi connectivity index (χ3v) is 2.95. The fourth-order valence-electron chi connectivity index (χ4n) is 1.52. The van der Waals surface area contributed by atoms with Gasteiger partial charge in [0.2, 0.25) is 0 Å². The van der Waals surface area contributed by atoms with E-state index in [2.05, 4.69) is 28.1 Å². The molecule has 2 aromatic rings. The third-order valence-electron chi connectivity index (χ3n) is 2.31. The molecule has 15 heavy (non-hydrogen) atoms. The highest BCUT2D eigenvalue weighted by Crippen LogP contribution is 2.28. The topological polar surface area (TPSA) is 20.2 Å². The molecule has 2 aromatic carbocycles. The van der Waals surface area contributed by atoms with E-state index in [1.54, 1.807) is 0 Å². The summed E-state index contributed by atoms with van der Waals surface area (Å²) in [5, 5.41) is 9.81. The molecule has 1 N–H and O–H groups in total. The van der Waals surface area contributed by atoms with Gasteiger partial charge in [-0.15, -0.1) is 0 Å². The van der Waals surface area contributed by atoms with E-state index in [0.717, 1.165) is 16.5 Å². The zero-order chi connectivity index (χ0) is 10.7. The Labute approximate surface area is 97.5 Å². The van der Waals surface area contributed by atoms with Crippen LogP contribution in [0.15, 0.2) is 53.0 Å². The summed E-state index contributed by atoms with van der Waals surface area (Å²) in [7, 11) is 0. The zero-order valence-corrected chi connectivity index (χ0v) is 9.74. The SMILES string of the molecule is Oc1c(Br)cccc1Cc1ccccc1. The molecule has 0 atom stereocenters. The van der Waals surface area contributed by atoms with E-state index in [4.69, 9.17) is 0 Å². The molecule has 0 bridgehead atoms. The van der Waals surface area contributed by atoms with Gasteiger partial charge in [-0.2, -0.15) is 0 Å². The van der Waals surface area contributed by atoms with Crippen LogP contribution in [-0.4, -0.2) is 5.11 Å². The Kier molecular flexibility index (Phi) is 3.07. The van der Waals surface area contributed by atoms with Gasteiger partial charge < -0.3 is 5.11 Å². The van der Waals surface area contributed by atoms with Crippen LogP contribution in [0.25, 0.3) is 0 Å². The van der Waals surface area contributed by atoms with E-state index in [-0.39, 0.29) is 0 Å². The summed E-state index contributed by atoms with van der Waals surface area (Å²) in [6.45, 7) is 0. The van der Waals surface area contributed by atoms with Crippen molar-refractivity contribution in [1.82, 2.24) is 0 Å². The van der Waals surface area contributed by atoms with E-state index in [1.165, 1.54) is 5.56 Å². The van der Waals surface area contributed by atoms with Crippen molar-refractivity contribution < 1.29 is 5.11 Å². The summed E-state index contributed by atoms with van der Waals surface area (Å²) < 4.78 is 0.746. The molecule has 0 aromatic heterocycles. The first kappa shape index (κ1) is 10.2. The van der Waals surface area contributed by atoms with Gasteiger partial charge in [0.1, 0.15) is 5.75 Å². The maximum Gasteiger partial charge on any atom is 0.133 e. The van der Waals surface area contributed by atoms with Gasteiger partial charge in [-0.1, -0.05) is 42.5 Å². The first-order valence-electron chi connectivity index (χ1n) is 4.77. The normalized spacial score (nSPS) is 10.2. The number of phenols is 1. The lowest BCUT2D eigenvalue weighted by Crippen LogP contribution is -1.88. The second-order valence-electron chi connectivity index (χ2n) is 3.41. The average Bonchev–Trinajstić information content (AvgIpc) is 2.26. The lowest BCUT2D eigenvalue weighted by molar-refractivity contribution is 0.466. The van der Waals surface area contributed by atoms with Crippen LogP contribution in [0.5, 0.6) is 5.75 Å². The minimum atomic E-state index is 0.335. The van der Waals surface area contributed by atoms with Crippen LogP contribution in [0, 0.1) is 0 Å². The summed E-state index contributed by atoms with van der Waals surface area (Å²) >= 11 is 3.31. The second kappa shape index (κ2) is 4.49. The van der Waals surface area contributed by atoms with Gasteiger partial charge in [0.15, 0.2) is 0 Å². The number of hydrogen-bond acceptors (Lipinski definition) is 1. The first-order chi connectivity index (χ1) is 7.27. The molecule has 76 valence electrons. The Hall–Kier alpha value is -1.28. The van der Waals surface area contributed by atoms with Gasteiger partial charge in [0.05, 0.1) is 4.47 Å². The van der Waals surface area contributed by atoms with Crippen LogP contribution in [0.2, 0.25) is 0 Å². The van der Waals surface area contributed by atoms with E-state index in [9.17, 15) is 5.11 Å². The number of hydrogen-bond donors (Lipinski definition) is 1. The van der Waals surface area contributed by atoms with Crippen LogP contribution in [-0.2, 0) is 6.42 Å². The summed E-state index contributed by atoms with van der Waals surface area (Å²) in [5.74, 6) is 0.335. The average molecular weight is 263 g/mol. The Balaban J connectivity index is 2.29. The van der Waals surface area contributed by atoms with Gasteiger partial charge in [0, 0.05) is 6.42 Å². The number of para-hydroxylation sites is 1. The summed E-state index contributed by atoms with van der Waals surface area (Å²) in [4.78, 5) is 0. The number of benzene rings is 2. The molecule has 0 unspecified atom stereocenters. The highest BCUT2D eigenvalue weighted by molar-refractivity contribution is 9.10. The Bertz CT molecular complexity index is 451. The third kappa shape index (κ3) is 2.39. The van der Waals surface area contributed by atoms with Gasteiger partial charge >= 0.3 is 0 Å². The number of aromatic hydroxyl groups is 1. The standard InChI is InChI=1S/C13H11BrO/c14-12-8-4-7-11(13(12)15)9-10-5-2-1-3-6-10/h1-8,15H,9H2. The molecule has 2 rings (SSSR count). The smallest absolute Gasteiger partial charge is 0.133 e. The van der Waals surface area contributed by atoms with E-state index in [1.807, 2.05) is 36.4 Å². The highest BCUT2D eigenvalue weighted by Gasteiger charge is 2.04. The second-order valence-corrected chi connectivity index (χ2v) is 4.26. The Morgan fingerprint density at radius 1 is 0.933 bits per heavy atom. The van der Waals surface area contributed by atoms with Crippen molar-refractivity contribution in [1.29, 1.82) is 0 Å². The van der Waals surface area contributed by atoms with Crippen molar-refractivity contribution in [3.8, 4) is 5.75 Å². The molecule has 0 aliphatic rings. The molecule has 0 aliphatic heterocycles. The van der Waals surface area contributed by atoms with Crippen molar-refractivity contribution in [2.45, 2.75) is 6.42 Å². The molecular formula is C13H11BrO. The fraction of sp³-hybridized carbons (Fsp3) is 0.0769. The van der Waals surface area contributed by atoms with Crippen LogP contribution in [0.3, 0.4) is 0 Å². The van der Waals surface area contributed by atoms with E-state index >= 15 is 0 Å². The molecule has 0 fully saturated rings. The van der Waals surface area contributed by atoms with Crippen LogP contribution in [0.1, 0.15) is 11.1 Å². The maximum absolute atomic E-state index is 9.81. The lowest BCUT2D eigenvalue weighted by atomic mass is 10.0. The fourth-order valence-corrected chi connectivity index (χ4v) is 1.93. The summed E-state index contributed by atoms with van der Waals surface area (Å²) in [5.41, 5.74) is 2.14. The largest absolute Gasteiger partial charge is 0.506 e. The molecule has 2 heteroatoms. The predicted molar refractivity (Wildman–Crippen MR) is 65.1 cm³/mol. The molecule has 0 heterocycles. The van der Waals surface area contributed by atoms with Gasteiger partial charge in [-0.25, -0.2) is 0 Å². The minimum absolute atomic E-state index is 0.335. The molecule has 0 saturated carbocycles. The van der Waals surface area contributed by atoms with Crippen LogP contribution < -0.4 is 0 Å². The number of halogens is 1. The van der Waals surface area contributed by atoms with Gasteiger partial charge in [-0.3, -0.25) is 0 Å². The molecule has 1 nitrogen and oxygen atoms in total. The summed E-state index contributed by atoms with van der Waals surface area (Å²) in [6, 6.07) is 15.8. The summed E-state index contributed by atoms with van der Waals surface area (Å²) in [6.07, 6.45) is 0.756. The highest BCUT2D eigenvalue weighted by atomic mass is 79.9. The molecule has 0 amide bonds. The maximum atomic E-state index is 9.81. The van der Waals surface area contributed by atoms with Gasteiger partial charge in [-0.05, 0) is 33.1 Å². The zero-order valence-electron chi connectivity index (χ0n) is 8.15. The predicted octanol–water partition coefficient (Wildman–Crippen LogP) is 3.75. The molecular weight excluding hydrogens is 252 g/mol. The first-order valence-corrected chi connectivity index (χ1v) is 5.57. The van der Waals surface area contributed by atoms with Crippen molar-refractivity contribution in [3.05, 3.63) is 64.1 Å². The van der Waals surface area contributed by atoms with Crippen molar-refractivity contribution >= 4 is 15.9 Å². The van der Waals surface area contributed by atoms with Gasteiger partial charge in [0.25, 0.3) is 0 Å². The molecule has 0 radical (unpaired) electrons. The van der Waals surface area contributed by atoms with Crippen molar-refractivity contribution in [2.75, 3.05) is 0 Å². The molecule has 0 aliphatic carbocycles. The van der Waals surface area contributed by atoms with Crippen LogP contribution in [0.4, 0.5) is 0 Å². The lowest BCUT2D eigenvalue weighted by Gasteiger charge is -2.05. The Morgan fingerprint density at radius 3 is 2.40 bits per heavy atom. The Morgan fingerprint density at radius 2 is 1.67 bits per heavy atom. The van der Waals surface area contributed by atoms with E-state index < -0.39 is 0 Å². The minimum Gasteiger partial charge on any atom is -0.506 e. The quantitative estimate of drug-likeness (QED) is 0.874. The molecule has 0 saturated heterocycles. The monoisotopic (exact) mass is 262 g/mol. The van der Waals surface area contributed by atoms with Crippen LogP contribution >= 0.6 is 15.9 Å². The number of phenolic OH excluding ortho intramolecular Hbond substituents is 1. The number of rotatable bonds is 2. The van der Waals surface area contributed by atoms with Crippen molar-refractivity contribution in [2.24, 2.45) is 0 Å². The van der Waals surface area contributed by atoms with E-state index in [0.29, 0.717) is 5.75 Å². The molecule has 0 spiro atoms.